The van der Waals surface area contributed by atoms with Gasteiger partial charge in [-0.3, -0.25) is 10.1 Å². The highest BCUT2D eigenvalue weighted by Crippen LogP contribution is 2.24. The van der Waals surface area contributed by atoms with Crippen LogP contribution in [-0.4, -0.2) is 31.2 Å². The molecule has 0 aliphatic heterocycles. The number of rotatable bonds is 4. The predicted molar refractivity (Wildman–Crippen MR) is 77.5 cm³/mol. The van der Waals surface area contributed by atoms with Crippen molar-refractivity contribution in [3.63, 3.8) is 0 Å². The molecule has 8 heteroatoms. The van der Waals surface area contributed by atoms with Crippen LogP contribution in [0.1, 0.15) is 6.92 Å². The SMILES string of the molecule is CCNc1ncc([N+](=O)[O-])c(-n2ncc3ccccc32)n1. The summed E-state index contributed by atoms with van der Waals surface area (Å²) in [7, 11) is 0. The van der Waals surface area contributed by atoms with E-state index in [1.807, 2.05) is 31.2 Å². The van der Waals surface area contributed by atoms with E-state index in [0.717, 1.165) is 10.9 Å². The molecule has 2 aromatic heterocycles. The minimum absolute atomic E-state index is 0.146. The van der Waals surface area contributed by atoms with E-state index >= 15 is 0 Å². The van der Waals surface area contributed by atoms with Crippen LogP contribution < -0.4 is 5.32 Å². The topological polar surface area (TPSA) is 98.8 Å². The van der Waals surface area contributed by atoms with Gasteiger partial charge >= 0.3 is 5.69 Å². The molecule has 0 bridgehead atoms. The molecule has 106 valence electrons. The summed E-state index contributed by atoms with van der Waals surface area (Å²) >= 11 is 0. The average molecular weight is 284 g/mol. The molecule has 1 aromatic carbocycles. The molecule has 0 aliphatic carbocycles. The zero-order valence-electron chi connectivity index (χ0n) is 11.2. The largest absolute Gasteiger partial charge is 0.354 e. The van der Waals surface area contributed by atoms with Gasteiger partial charge in [0.15, 0.2) is 0 Å². The van der Waals surface area contributed by atoms with Gasteiger partial charge in [0.1, 0.15) is 6.20 Å². The number of nitrogens with zero attached hydrogens (tertiary/aromatic N) is 5. The molecule has 2 heterocycles. The monoisotopic (exact) mass is 284 g/mol. The summed E-state index contributed by atoms with van der Waals surface area (Å²) in [6, 6.07) is 7.45. The van der Waals surface area contributed by atoms with Crippen LogP contribution in [0.25, 0.3) is 16.7 Å². The molecule has 0 spiro atoms. The van der Waals surface area contributed by atoms with Gasteiger partial charge in [0, 0.05) is 11.9 Å². The van der Waals surface area contributed by atoms with Crippen molar-refractivity contribution in [1.82, 2.24) is 19.7 Å². The molecular formula is C13H12N6O2. The van der Waals surface area contributed by atoms with E-state index in [2.05, 4.69) is 20.4 Å². The molecule has 21 heavy (non-hydrogen) atoms. The van der Waals surface area contributed by atoms with Crippen LogP contribution in [0.5, 0.6) is 0 Å². The molecule has 0 atom stereocenters. The lowest BCUT2D eigenvalue weighted by Gasteiger charge is -2.06. The van der Waals surface area contributed by atoms with Crippen molar-refractivity contribution in [2.24, 2.45) is 0 Å². The smallest absolute Gasteiger partial charge is 0.332 e. The highest BCUT2D eigenvalue weighted by Gasteiger charge is 2.21. The number of hydrogen-bond acceptors (Lipinski definition) is 6. The van der Waals surface area contributed by atoms with E-state index in [-0.39, 0.29) is 11.5 Å². The number of fused-ring (bicyclic) bond motifs is 1. The summed E-state index contributed by atoms with van der Waals surface area (Å²) in [5.41, 5.74) is 0.562. The zero-order valence-corrected chi connectivity index (χ0v) is 11.2. The molecule has 0 saturated carbocycles. The van der Waals surface area contributed by atoms with E-state index < -0.39 is 4.92 Å². The molecule has 8 nitrogen and oxygen atoms in total. The van der Waals surface area contributed by atoms with Crippen LogP contribution in [0.3, 0.4) is 0 Å². The summed E-state index contributed by atoms with van der Waals surface area (Å²) in [5, 5.41) is 19.2. The summed E-state index contributed by atoms with van der Waals surface area (Å²) < 4.78 is 1.45. The van der Waals surface area contributed by atoms with Gasteiger partial charge in [-0.1, -0.05) is 18.2 Å². The second-order valence-corrected chi connectivity index (χ2v) is 4.31. The van der Waals surface area contributed by atoms with E-state index in [4.69, 9.17) is 0 Å². The Morgan fingerprint density at radius 2 is 2.14 bits per heavy atom. The van der Waals surface area contributed by atoms with E-state index in [1.54, 1.807) is 6.20 Å². The first-order chi connectivity index (χ1) is 10.2. The van der Waals surface area contributed by atoms with Gasteiger partial charge in [-0.2, -0.15) is 10.1 Å². The highest BCUT2D eigenvalue weighted by molar-refractivity contribution is 5.80. The third-order valence-electron chi connectivity index (χ3n) is 2.96. The Bertz CT molecular complexity index is 813. The Kier molecular flexibility index (Phi) is 3.19. The van der Waals surface area contributed by atoms with Crippen molar-refractivity contribution in [2.45, 2.75) is 6.92 Å². The van der Waals surface area contributed by atoms with Crippen molar-refractivity contribution in [3.8, 4) is 5.82 Å². The van der Waals surface area contributed by atoms with Crippen molar-refractivity contribution in [3.05, 3.63) is 46.8 Å². The summed E-state index contributed by atoms with van der Waals surface area (Å²) in [5.74, 6) is 0.477. The fraction of sp³-hybridized carbons (Fsp3) is 0.154. The molecule has 3 rings (SSSR count). The van der Waals surface area contributed by atoms with Crippen LogP contribution in [0.15, 0.2) is 36.7 Å². The first-order valence-corrected chi connectivity index (χ1v) is 6.39. The quantitative estimate of drug-likeness (QED) is 0.582. The molecule has 0 unspecified atom stereocenters. The van der Waals surface area contributed by atoms with Crippen LogP contribution in [0.2, 0.25) is 0 Å². The maximum Gasteiger partial charge on any atom is 0.332 e. The number of nitrogens with one attached hydrogen (secondary N) is 1. The average Bonchev–Trinajstić information content (AvgIpc) is 2.91. The van der Waals surface area contributed by atoms with Gasteiger partial charge < -0.3 is 5.32 Å². The van der Waals surface area contributed by atoms with Gasteiger partial charge in [0.2, 0.25) is 11.8 Å². The molecule has 0 saturated heterocycles. The van der Waals surface area contributed by atoms with E-state index in [0.29, 0.717) is 12.5 Å². The van der Waals surface area contributed by atoms with Gasteiger partial charge in [-0.05, 0) is 13.0 Å². The molecule has 0 fully saturated rings. The minimum Gasteiger partial charge on any atom is -0.354 e. The predicted octanol–water partition coefficient (Wildman–Crippen LogP) is 2.16. The van der Waals surface area contributed by atoms with Crippen molar-refractivity contribution >= 4 is 22.5 Å². The standard InChI is InChI=1S/C13H12N6O2/c1-2-14-13-15-8-11(19(20)21)12(17-13)18-10-6-4-3-5-9(10)7-16-18/h3-8H,2H2,1H3,(H,14,15,17). The maximum atomic E-state index is 11.2. The molecule has 0 aliphatic rings. The molecule has 0 radical (unpaired) electrons. The van der Waals surface area contributed by atoms with Crippen molar-refractivity contribution in [1.29, 1.82) is 0 Å². The van der Waals surface area contributed by atoms with Crippen molar-refractivity contribution in [2.75, 3.05) is 11.9 Å². The highest BCUT2D eigenvalue weighted by atomic mass is 16.6. The summed E-state index contributed by atoms with van der Waals surface area (Å²) in [6.45, 7) is 2.52. The fourth-order valence-corrected chi connectivity index (χ4v) is 2.03. The maximum absolute atomic E-state index is 11.2. The second-order valence-electron chi connectivity index (χ2n) is 4.31. The number of benzene rings is 1. The lowest BCUT2D eigenvalue weighted by molar-refractivity contribution is -0.385. The van der Waals surface area contributed by atoms with Crippen LogP contribution in [0.4, 0.5) is 11.6 Å². The minimum atomic E-state index is -0.512. The number of nitro groups is 1. The summed E-state index contributed by atoms with van der Waals surface area (Å²) in [4.78, 5) is 18.8. The van der Waals surface area contributed by atoms with E-state index in [1.165, 1.54) is 10.9 Å². The number of anilines is 1. The van der Waals surface area contributed by atoms with Gasteiger partial charge in [-0.25, -0.2) is 9.67 Å². The zero-order chi connectivity index (χ0) is 14.8. The number of aromatic nitrogens is 4. The van der Waals surface area contributed by atoms with E-state index in [9.17, 15) is 10.1 Å². The fourth-order valence-electron chi connectivity index (χ4n) is 2.03. The number of hydrogen-bond donors (Lipinski definition) is 1. The van der Waals surface area contributed by atoms with Crippen molar-refractivity contribution < 1.29 is 4.92 Å². The first kappa shape index (κ1) is 13.0. The van der Waals surface area contributed by atoms with Crippen LogP contribution in [-0.2, 0) is 0 Å². The Labute approximate surface area is 119 Å². The molecular weight excluding hydrogens is 272 g/mol. The first-order valence-electron chi connectivity index (χ1n) is 6.39. The Morgan fingerprint density at radius 3 is 2.90 bits per heavy atom. The van der Waals surface area contributed by atoms with Crippen LogP contribution >= 0.6 is 0 Å². The molecule has 3 aromatic rings. The Morgan fingerprint density at radius 1 is 1.33 bits per heavy atom. The van der Waals surface area contributed by atoms with Gasteiger partial charge in [0.25, 0.3) is 0 Å². The Hall–Kier alpha value is -3.03. The lowest BCUT2D eigenvalue weighted by Crippen LogP contribution is -2.09. The molecule has 1 N–H and O–H groups in total. The number of para-hydroxylation sites is 1. The molecule has 0 amide bonds. The van der Waals surface area contributed by atoms with Gasteiger partial charge in [0.05, 0.1) is 16.6 Å². The summed E-state index contributed by atoms with van der Waals surface area (Å²) in [6.07, 6.45) is 2.84. The second kappa shape index (κ2) is 5.16. The normalized spacial score (nSPS) is 10.7. The van der Waals surface area contributed by atoms with Gasteiger partial charge in [-0.15, -0.1) is 0 Å². The third-order valence-corrected chi connectivity index (χ3v) is 2.96. The third kappa shape index (κ3) is 2.27. The lowest BCUT2D eigenvalue weighted by atomic mass is 10.2. The Balaban J connectivity index is 2.23. The van der Waals surface area contributed by atoms with Crippen LogP contribution in [0, 0.1) is 10.1 Å².